The number of hydrogen-bond donors (Lipinski definition) is 0. The smallest absolute Gasteiger partial charge is 0.338 e. The number of carbonyl (C=O) groups excluding carboxylic acids is 1. The monoisotopic (exact) mass is 193 g/mol. The zero-order valence-corrected chi connectivity index (χ0v) is 8.62. The summed E-state index contributed by atoms with van der Waals surface area (Å²) in [5.41, 5.74) is 1.61. The lowest BCUT2D eigenvalue weighted by molar-refractivity contribution is 0.0525. The number of esters is 1. The van der Waals surface area contributed by atoms with Gasteiger partial charge in [0.05, 0.1) is 12.2 Å². The average molecular weight is 193 g/mol. The minimum atomic E-state index is -0.252. The fourth-order valence-corrected chi connectivity index (χ4v) is 1.30. The predicted octanol–water partition coefficient (Wildman–Crippen LogP) is 2.21. The van der Waals surface area contributed by atoms with Crippen molar-refractivity contribution in [2.24, 2.45) is 0 Å². The molecular weight excluding hydrogens is 178 g/mol. The van der Waals surface area contributed by atoms with Crippen molar-refractivity contribution in [2.45, 2.75) is 26.7 Å². The Bertz CT molecular complexity index is 310. The normalized spacial score (nSPS) is 9.86. The highest BCUT2D eigenvalue weighted by atomic mass is 16.5. The van der Waals surface area contributed by atoms with Gasteiger partial charge in [-0.1, -0.05) is 13.3 Å². The Balaban J connectivity index is 2.88. The van der Waals surface area contributed by atoms with Crippen molar-refractivity contribution in [3.8, 4) is 0 Å². The Kier molecular flexibility index (Phi) is 4.11. The fraction of sp³-hybridized carbons (Fsp3) is 0.455. The summed E-state index contributed by atoms with van der Waals surface area (Å²) in [4.78, 5) is 15.5. The molecule has 1 aromatic heterocycles. The summed E-state index contributed by atoms with van der Waals surface area (Å²) in [7, 11) is 0. The van der Waals surface area contributed by atoms with Crippen molar-refractivity contribution in [2.75, 3.05) is 6.61 Å². The van der Waals surface area contributed by atoms with E-state index < -0.39 is 0 Å². The first-order chi connectivity index (χ1) is 6.79. The number of pyridine rings is 1. The first-order valence-corrected chi connectivity index (χ1v) is 4.89. The maximum absolute atomic E-state index is 11.5. The van der Waals surface area contributed by atoms with E-state index in [-0.39, 0.29) is 5.97 Å². The van der Waals surface area contributed by atoms with Crippen LogP contribution in [0.3, 0.4) is 0 Å². The lowest BCUT2D eigenvalue weighted by Crippen LogP contribution is -2.08. The Labute approximate surface area is 84.1 Å². The Morgan fingerprint density at radius 2 is 2.29 bits per heavy atom. The molecule has 0 N–H and O–H groups in total. The van der Waals surface area contributed by atoms with Crippen LogP contribution in [0, 0.1) is 0 Å². The summed E-state index contributed by atoms with van der Waals surface area (Å²) in [5.74, 6) is -0.252. The second-order valence-corrected chi connectivity index (χ2v) is 3.00. The van der Waals surface area contributed by atoms with Gasteiger partial charge in [-0.15, -0.1) is 0 Å². The maximum atomic E-state index is 11.5. The number of rotatable bonds is 4. The predicted molar refractivity (Wildman–Crippen MR) is 54.2 cm³/mol. The van der Waals surface area contributed by atoms with Gasteiger partial charge in [0.15, 0.2) is 0 Å². The third kappa shape index (κ3) is 2.55. The standard InChI is InChI=1S/C11H15NO2/c1-3-5-9-8-12-7-6-10(9)11(13)14-4-2/h6-8H,3-5H2,1-2H3. The van der Waals surface area contributed by atoms with E-state index in [2.05, 4.69) is 11.9 Å². The van der Waals surface area contributed by atoms with E-state index in [0.717, 1.165) is 18.4 Å². The minimum absolute atomic E-state index is 0.252. The molecule has 0 aromatic carbocycles. The first-order valence-electron chi connectivity index (χ1n) is 4.89. The van der Waals surface area contributed by atoms with Gasteiger partial charge >= 0.3 is 5.97 Å². The van der Waals surface area contributed by atoms with Crippen LogP contribution in [-0.2, 0) is 11.2 Å². The zero-order chi connectivity index (χ0) is 10.4. The highest BCUT2D eigenvalue weighted by molar-refractivity contribution is 5.90. The van der Waals surface area contributed by atoms with Crippen LogP contribution >= 0.6 is 0 Å². The number of aryl methyl sites for hydroxylation is 1. The molecule has 1 heterocycles. The van der Waals surface area contributed by atoms with Gasteiger partial charge in [-0.2, -0.15) is 0 Å². The molecule has 0 atom stereocenters. The Hall–Kier alpha value is -1.38. The van der Waals surface area contributed by atoms with Gasteiger partial charge in [0.2, 0.25) is 0 Å². The SMILES string of the molecule is CCCc1cnccc1C(=O)OCC. The Morgan fingerprint density at radius 1 is 1.50 bits per heavy atom. The van der Waals surface area contributed by atoms with Crippen LogP contribution in [0.4, 0.5) is 0 Å². The largest absolute Gasteiger partial charge is 0.462 e. The summed E-state index contributed by atoms with van der Waals surface area (Å²) >= 11 is 0. The number of carbonyl (C=O) groups is 1. The summed E-state index contributed by atoms with van der Waals surface area (Å²) in [6, 6.07) is 1.71. The van der Waals surface area contributed by atoms with Gasteiger partial charge in [-0.25, -0.2) is 4.79 Å². The van der Waals surface area contributed by atoms with Crippen LogP contribution in [-0.4, -0.2) is 17.6 Å². The van der Waals surface area contributed by atoms with Crippen LogP contribution in [0.15, 0.2) is 18.5 Å². The zero-order valence-electron chi connectivity index (χ0n) is 8.62. The van der Waals surface area contributed by atoms with Crippen LogP contribution < -0.4 is 0 Å². The molecule has 76 valence electrons. The quantitative estimate of drug-likeness (QED) is 0.688. The minimum Gasteiger partial charge on any atom is -0.462 e. The van der Waals surface area contributed by atoms with Crippen molar-refractivity contribution in [1.29, 1.82) is 0 Å². The molecule has 0 aliphatic rings. The average Bonchev–Trinajstić information content (AvgIpc) is 2.19. The topological polar surface area (TPSA) is 39.2 Å². The molecule has 0 bridgehead atoms. The highest BCUT2D eigenvalue weighted by Crippen LogP contribution is 2.10. The van der Waals surface area contributed by atoms with Crippen molar-refractivity contribution in [1.82, 2.24) is 4.98 Å². The summed E-state index contributed by atoms with van der Waals surface area (Å²) < 4.78 is 4.95. The Morgan fingerprint density at radius 3 is 2.93 bits per heavy atom. The van der Waals surface area contributed by atoms with Gasteiger partial charge in [-0.3, -0.25) is 4.98 Å². The van der Waals surface area contributed by atoms with E-state index in [9.17, 15) is 4.79 Å². The number of ether oxygens (including phenoxy) is 1. The lowest BCUT2D eigenvalue weighted by Gasteiger charge is -2.06. The molecule has 1 aromatic rings. The first kappa shape index (κ1) is 10.7. The molecule has 0 aliphatic heterocycles. The molecule has 0 spiro atoms. The van der Waals surface area contributed by atoms with E-state index in [4.69, 9.17) is 4.74 Å². The number of aromatic nitrogens is 1. The highest BCUT2D eigenvalue weighted by Gasteiger charge is 2.10. The van der Waals surface area contributed by atoms with E-state index in [1.807, 2.05) is 0 Å². The molecular formula is C11H15NO2. The second kappa shape index (κ2) is 5.37. The third-order valence-corrected chi connectivity index (χ3v) is 1.92. The van der Waals surface area contributed by atoms with Crippen LogP contribution in [0.2, 0.25) is 0 Å². The van der Waals surface area contributed by atoms with Crippen molar-refractivity contribution >= 4 is 5.97 Å². The molecule has 3 nitrogen and oxygen atoms in total. The molecule has 3 heteroatoms. The maximum Gasteiger partial charge on any atom is 0.338 e. The van der Waals surface area contributed by atoms with Crippen LogP contribution in [0.1, 0.15) is 36.2 Å². The third-order valence-electron chi connectivity index (χ3n) is 1.92. The molecule has 0 unspecified atom stereocenters. The molecule has 0 amide bonds. The van der Waals surface area contributed by atoms with Gasteiger partial charge < -0.3 is 4.74 Å². The fourth-order valence-electron chi connectivity index (χ4n) is 1.30. The molecule has 0 aliphatic carbocycles. The summed E-state index contributed by atoms with van der Waals surface area (Å²) in [5, 5.41) is 0. The molecule has 0 fully saturated rings. The summed E-state index contributed by atoms with van der Waals surface area (Å²) in [6.07, 6.45) is 5.21. The van der Waals surface area contributed by atoms with Crippen molar-refractivity contribution in [3.63, 3.8) is 0 Å². The number of nitrogens with zero attached hydrogens (tertiary/aromatic N) is 1. The summed E-state index contributed by atoms with van der Waals surface area (Å²) in [6.45, 7) is 4.28. The molecule has 1 rings (SSSR count). The second-order valence-electron chi connectivity index (χ2n) is 3.00. The van der Waals surface area contributed by atoms with Crippen molar-refractivity contribution in [3.05, 3.63) is 29.6 Å². The van der Waals surface area contributed by atoms with E-state index >= 15 is 0 Å². The molecule has 0 saturated carbocycles. The van der Waals surface area contributed by atoms with Gasteiger partial charge in [0.1, 0.15) is 0 Å². The lowest BCUT2D eigenvalue weighted by atomic mass is 10.1. The van der Waals surface area contributed by atoms with Gasteiger partial charge in [-0.05, 0) is 25.0 Å². The van der Waals surface area contributed by atoms with E-state index in [1.165, 1.54) is 0 Å². The number of hydrogen-bond acceptors (Lipinski definition) is 3. The van der Waals surface area contributed by atoms with Crippen LogP contribution in [0.5, 0.6) is 0 Å². The van der Waals surface area contributed by atoms with Gasteiger partial charge in [0.25, 0.3) is 0 Å². The molecule has 0 saturated heterocycles. The van der Waals surface area contributed by atoms with E-state index in [0.29, 0.717) is 12.2 Å². The van der Waals surface area contributed by atoms with Crippen molar-refractivity contribution < 1.29 is 9.53 Å². The van der Waals surface area contributed by atoms with E-state index in [1.54, 1.807) is 25.4 Å². The molecule has 0 radical (unpaired) electrons. The molecule has 14 heavy (non-hydrogen) atoms. The van der Waals surface area contributed by atoms with Gasteiger partial charge in [0, 0.05) is 12.4 Å². The van der Waals surface area contributed by atoms with Crippen LogP contribution in [0.25, 0.3) is 0 Å².